The molecule has 0 saturated heterocycles. The number of aromatic nitrogens is 3. The normalized spacial score (nSPS) is 10.8. The third-order valence-corrected chi connectivity index (χ3v) is 3.97. The lowest BCUT2D eigenvalue weighted by Gasteiger charge is -2.22. The summed E-state index contributed by atoms with van der Waals surface area (Å²) in [5.41, 5.74) is 2.69. The van der Waals surface area contributed by atoms with Crippen molar-refractivity contribution >= 4 is 17.1 Å². The van der Waals surface area contributed by atoms with Crippen molar-refractivity contribution in [3.8, 4) is 0 Å². The van der Waals surface area contributed by atoms with Gasteiger partial charge >= 0.3 is 6.09 Å². The van der Waals surface area contributed by atoms with E-state index in [-0.39, 0.29) is 12.7 Å². The molecule has 0 aliphatic carbocycles. The van der Waals surface area contributed by atoms with E-state index in [0.717, 1.165) is 29.4 Å². The number of hydrogen-bond donors (Lipinski definition) is 0. The van der Waals surface area contributed by atoms with Crippen LogP contribution in [0, 0.1) is 0 Å². The van der Waals surface area contributed by atoms with E-state index < -0.39 is 0 Å². The molecule has 0 radical (unpaired) electrons. The van der Waals surface area contributed by atoms with Crippen molar-refractivity contribution in [3.05, 3.63) is 60.2 Å². The molecule has 6 nitrogen and oxygen atoms in total. The summed E-state index contributed by atoms with van der Waals surface area (Å²) in [4.78, 5) is 14.2. The molecule has 3 aromatic rings. The number of amides is 1. The van der Waals surface area contributed by atoms with Gasteiger partial charge in [-0.2, -0.15) is 0 Å². The quantitative estimate of drug-likeness (QED) is 0.657. The molecule has 0 bridgehead atoms. The molecule has 3 rings (SSSR count). The van der Waals surface area contributed by atoms with Gasteiger partial charge < -0.3 is 4.74 Å². The Hall–Kier alpha value is -2.89. The van der Waals surface area contributed by atoms with Gasteiger partial charge in [-0.05, 0) is 24.1 Å². The second-order valence-electron chi connectivity index (χ2n) is 5.88. The number of para-hydroxylation sites is 1. The standard InChI is InChI=1S/C19H22N4O2/c1-2-3-13-22(19(24)25-14-16-9-5-4-6-10-16)15-23-18-12-8-7-11-17(18)20-21-23/h4-12H,2-3,13-15H2,1H3. The molecule has 1 amide bonds. The number of unbranched alkanes of at least 4 members (excludes halogenated alkanes) is 1. The van der Waals surface area contributed by atoms with Crippen LogP contribution >= 0.6 is 0 Å². The predicted octanol–water partition coefficient (Wildman–Crippen LogP) is 3.83. The molecule has 0 N–H and O–H groups in total. The maximum atomic E-state index is 12.5. The monoisotopic (exact) mass is 338 g/mol. The predicted molar refractivity (Wildman–Crippen MR) is 95.8 cm³/mol. The van der Waals surface area contributed by atoms with Gasteiger partial charge in [0.05, 0.1) is 5.52 Å². The lowest BCUT2D eigenvalue weighted by molar-refractivity contribution is 0.0832. The fourth-order valence-electron chi connectivity index (χ4n) is 2.56. The van der Waals surface area contributed by atoms with Crippen molar-refractivity contribution in [1.82, 2.24) is 19.9 Å². The number of benzene rings is 2. The van der Waals surface area contributed by atoms with Crippen LogP contribution in [0.1, 0.15) is 25.3 Å². The van der Waals surface area contributed by atoms with Crippen LogP contribution in [0.3, 0.4) is 0 Å². The van der Waals surface area contributed by atoms with Crippen molar-refractivity contribution in [3.63, 3.8) is 0 Å². The molecule has 130 valence electrons. The molecule has 0 atom stereocenters. The topological polar surface area (TPSA) is 60.2 Å². The van der Waals surface area contributed by atoms with E-state index in [1.54, 1.807) is 9.58 Å². The third-order valence-electron chi connectivity index (χ3n) is 3.97. The highest BCUT2D eigenvalue weighted by Gasteiger charge is 2.17. The zero-order chi connectivity index (χ0) is 17.5. The van der Waals surface area contributed by atoms with Crippen molar-refractivity contribution in [1.29, 1.82) is 0 Å². The van der Waals surface area contributed by atoms with Crippen LogP contribution in [0.15, 0.2) is 54.6 Å². The SMILES string of the molecule is CCCCN(Cn1nnc2ccccc21)C(=O)OCc1ccccc1. The summed E-state index contributed by atoms with van der Waals surface area (Å²) in [5, 5.41) is 8.30. The number of nitrogens with zero attached hydrogens (tertiary/aromatic N) is 4. The molecule has 1 aromatic heterocycles. The molecule has 6 heteroatoms. The van der Waals surface area contributed by atoms with Crippen LogP contribution < -0.4 is 0 Å². The highest BCUT2D eigenvalue weighted by atomic mass is 16.6. The first kappa shape index (κ1) is 17.0. The fourth-order valence-corrected chi connectivity index (χ4v) is 2.56. The van der Waals surface area contributed by atoms with Gasteiger partial charge in [0.25, 0.3) is 0 Å². The smallest absolute Gasteiger partial charge is 0.411 e. The summed E-state index contributed by atoms with van der Waals surface area (Å²) in [5.74, 6) is 0. The summed E-state index contributed by atoms with van der Waals surface area (Å²) in [6.07, 6.45) is 1.57. The minimum atomic E-state index is -0.336. The van der Waals surface area contributed by atoms with Crippen molar-refractivity contribution in [2.75, 3.05) is 6.54 Å². The zero-order valence-electron chi connectivity index (χ0n) is 14.3. The molecular formula is C19H22N4O2. The molecular weight excluding hydrogens is 316 g/mol. The fraction of sp³-hybridized carbons (Fsp3) is 0.316. The lowest BCUT2D eigenvalue weighted by atomic mass is 10.2. The maximum Gasteiger partial charge on any atom is 0.411 e. The van der Waals surface area contributed by atoms with Crippen LogP contribution in [-0.4, -0.2) is 32.5 Å². The summed E-state index contributed by atoms with van der Waals surface area (Å²) in [6, 6.07) is 17.4. The molecule has 0 aliphatic heterocycles. The zero-order valence-corrected chi connectivity index (χ0v) is 14.3. The molecule has 0 unspecified atom stereocenters. The average molecular weight is 338 g/mol. The van der Waals surface area contributed by atoms with Crippen LogP contribution in [0.5, 0.6) is 0 Å². The number of fused-ring (bicyclic) bond motifs is 1. The first-order chi connectivity index (χ1) is 12.3. The minimum Gasteiger partial charge on any atom is -0.445 e. The molecule has 0 aliphatic rings. The van der Waals surface area contributed by atoms with Gasteiger partial charge in [0, 0.05) is 6.54 Å². The van der Waals surface area contributed by atoms with E-state index in [1.165, 1.54) is 0 Å². The van der Waals surface area contributed by atoms with E-state index in [9.17, 15) is 4.79 Å². The number of rotatable bonds is 7. The molecule has 2 aromatic carbocycles. The van der Waals surface area contributed by atoms with E-state index in [2.05, 4.69) is 17.2 Å². The Morgan fingerprint density at radius 2 is 1.88 bits per heavy atom. The highest BCUT2D eigenvalue weighted by molar-refractivity contribution is 5.74. The van der Waals surface area contributed by atoms with Gasteiger partial charge in [-0.15, -0.1) is 5.10 Å². The molecule has 0 saturated carbocycles. The Balaban J connectivity index is 1.69. The lowest BCUT2D eigenvalue weighted by Crippen LogP contribution is -2.34. The van der Waals surface area contributed by atoms with Crippen molar-refractivity contribution < 1.29 is 9.53 Å². The number of carbonyl (C=O) groups is 1. The highest BCUT2D eigenvalue weighted by Crippen LogP contribution is 2.12. The first-order valence-electron chi connectivity index (χ1n) is 8.52. The first-order valence-corrected chi connectivity index (χ1v) is 8.52. The van der Waals surface area contributed by atoms with E-state index in [4.69, 9.17) is 4.74 Å². The summed E-state index contributed by atoms with van der Waals surface area (Å²) >= 11 is 0. The summed E-state index contributed by atoms with van der Waals surface area (Å²) in [6.45, 7) is 3.31. The number of carbonyl (C=O) groups excluding carboxylic acids is 1. The molecule has 0 fully saturated rings. The van der Waals surface area contributed by atoms with Gasteiger partial charge in [0.15, 0.2) is 0 Å². The van der Waals surface area contributed by atoms with E-state index in [1.807, 2.05) is 54.6 Å². The van der Waals surface area contributed by atoms with E-state index >= 15 is 0 Å². The molecule has 1 heterocycles. The van der Waals surface area contributed by atoms with Crippen molar-refractivity contribution in [2.45, 2.75) is 33.0 Å². The van der Waals surface area contributed by atoms with Crippen LogP contribution in [0.25, 0.3) is 11.0 Å². The van der Waals surface area contributed by atoms with Crippen LogP contribution in [0.2, 0.25) is 0 Å². The van der Waals surface area contributed by atoms with Crippen molar-refractivity contribution in [2.24, 2.45) is 0 Å². The van der Waals surface area contributed by atoms with Gasteiger partial charge in [0.1, 0.15) is 18.8 Å². The Morgan fingerprint density at radius 3 is 2.68 bits per heavy atom. The van der Waals surface area contributed by atoms with E-state index in [0.29, 0.717) is 13.2 Å². The Labute approximate surface area is 147 Å². The second-order valence-corrected chi connectivity index (χ2v) is 5.88. The molecule has 0 spiro atoms. The van der Waals surface area contributed by atoms with Gasteiger partial charge in [-0.25, -0.2) is 9.48 Å². The minimum absolute atomic E-state index is 0.264. The summed E-state index contributed by atoms with van der Waals surface area (Å²) < 4.78 is 7.20. The summed E-state index contributed by atoms with van der Waals surface area (Å²) in [7, 11) is 0. The number of ether oxygens (including phenoxy) is 1. The van der Waals surface area contributed by atoms with Gasteiger partial charge in [-0.3, -0.25) is 4.90 Å². The van der Waals surface area contributed by atoms with Crippen LogP contribution in [-0.2, 0) is 18.0 Å². The number of hydrogen-bond acceptors (Lipinski definition) is 4. The van der Waals surface area contributed by atoms with Gasteiger partial charge in [0.2, 0.25) is 0 Å². The second kappa shape index (κ2) is 8.28. The largest absolute Gasteiger partial charge is 0.445 e. The maximum absolute atomic E-state index is 12.5. The Bertz CT molecular complexity index is 816. The third kappa shape index (κ3) is 4.35. The Morgan fingerprint density at radius 1 is 1.12 bits per heavy atom. The molecule has 25 heavy (non-hydrogen) atoms. The van der Waals surface area contributed by atoms with Crippen LogP contribution in [0.4, 0.5) is 4.79 Å². The Kier molecular flexibility index (Phi) is 5.61. The average Bonchev–Trinajstić information content (AvgIpc) is 3.07. The van der Waals surface area contributed by atoms with Gasteiger partial charge in [-0.1, -0.05) is 61.0 Å².